The Balaban J connectivity index is 3.05. The Hall–Kier alpha value is -0.660. The molecule has 118 valence electrons. The molecule has 0 aromatic carbocycles. The molecule has 0 spiro atoms. The summed E-state index contributed by atoms with van der Waals surface area (Å²) in [6.07, 6.45) is 1.84. The summed E-state index contributed by atoms with van der Waals surface area (Å²) in [5, 5.41) is 9.23. The van der Waals surface area contributed by atoms with E-state index >= 15 is 0 Å². The molecule has 0 radical (unpaired) electrons. The Labute approximate surface area is 121 Å². The molecule has 1 N–H and O–H groups in total. The van der Waals surface area contributed by atoms with E-state index in [1.54, 1.807) is 0 Å². The Morgan fingerprint density at radius 3 is 2.35 bits per heavy atom. The molecular weight excluding hydrogens is 280 g/mol. The van der Waals surface area contributed by atoms with Gasteiger partial charge in [-0.1, -0.05) is 20.8 Å². The molecule has 0 bridgehead atoms. The van der Waals surface area contributed by atoms with Gasteiger partial charge in [-0.3, -0.25) is 4.79 Å². The van der Waals surface area contributed by atoms with Crippen LogP contribution in [0, 0.1) is 5.41 Å². The van der Waals surface area contributed by atoms with Crippen LogP contribution in [0.1, 0.15) is 47.0 Å². The van der Waals surface area contributed by atoms with Crippen molar-refractivity contribution in [3.8, 4) is 0 Å². The van der Waals surface area contributed by atoms with Gasteiger partial charge in [-0.15, -0.1) is 0 Å². The Bertz CT molecular complexity index is 455. The third-order valence-corrected chi connectivity index (χ3v) is 6.27. The number of carbonyl (C=O) groups is 1. The van der Waals surface area contributed by atoms with Crippen molar-refractivity contribution in [1.29, 1.82) is 0 Å². The molecule has 6 nitrogen and oxygen atoms in total. The van der Waals surface area contributed by atoms with Crippen LogP contribution in [0.5, 0.6) is 0 Å². The quantitative estimate of drug-likeness (QED) is 0.854. The lowest BCUT2D eigenvalue weighted by Crippen LogP contribution is -2.55. The van der Waals surface area contributed by atoms with E-state index in [9.17, 15) is 18.3 Å². The van der Waals surface area contributed by atoms with E-state index < -0.39 is 22.2 Å². The molecule has 2 unspecified atom stereocenters. The van der Waals surface area contributed by atoms with Crippen molar-refractivity contribution in [2.75, 3.05) is 13.6 Å². The van der Waals surface area contributed by atoms with Gasteiger partial charge in [0.1, 0.15) is 6.04 Å². The van der Waals surface area contributed by atoms with E-state index in [1.807, 2.05) is 27.7 Å². The summed E-state index contributed by atoms with van der Waals surface area (Å²) < 4.78 is 27.8. The van der Waals surface area contributed by atoms with Crippen LogP contribution in [0.25, 0.3) is 0 Å². The highest BCUT2D eigenvalue weighted by Gasteiger charge is 2.41. The third kappa shape index (κ3) is 3.51. The van der Waals surface area contributed by atoms with Crippen molar-refractivity contribution in [1.82, 2.24) is 8.61 Å². The highest BCUT2D eigenvalue weighted by atomic mass is 32.2. The minimum absolute atomic E-state index is 0.212. The molecule has 1 saturated heterocycles. The zero-order valence-corrected chi connectivity index (χ0v) is 13.8. The highest BCUT2D eigenvalue weighted by Crippen LogP contribution is 2.29. The van der Waals surface area contributed by atoms with Crippen LogP contribution in [-0.2, 0) is 15.0 Å². The van der Waals surface area contributed by atoms with Crippen molar-refractivity contribution < 1.29 is 18.3 Å². The zero-order chi connectivity index (χ0) is 15.7. The fourth-order valence-electron chi connectivity index (χ4n) is 2.34. The number of carboxylic acid groups (broad SMARTS) is 1. The Morgan fingerprint density at radius 1 is 1.35 bits per heavy atom. The second-order valence-electron chi connectivity index (χ2n) is 6.53. The van der Waals surface area contributed by atoms with Gasteiger partial charge in [-0.05, 0) is 31.6 Å². The van der Waals surface area contributed by atoms with Crippen molar-refractivity contribution in [2.45, 2.75) is 59.0 Å². The van der Waals surface area contributed by atoms with Crippen molar-refractivity contribution >= 4 is 16.2 Å². The number of hydrogen-bond donors (Lipinski definition) is 1. The van der Waals surface area contributed by atoms with Gasteiger partial charge >= 0.3 is 5.97 Å². The summed E-state index contributed by atoms with van der Waals surface area (Å²) in [6.45, 7) is 8.02. The van der Waals surface area contributed by atoms with E-state index in [4.69, 9.17) is 0 Å². The van der Waals surface area contributed by atoms with Crippen LogP contribution in [0.3, 0.4) is 0 Å². The van der Waals surface area contributed by atoms with E-state index in [0.717, 1.165) is 10.7 Å². The van der Waals surface area contributed by atoms with Gasteiger partial charge in [0.2, 0.25) is 0 Å². The van der Waals surface area contributed by atoms with Crippen LogP contribution in [0.15, 0.2) is 0 Å². The van der Waals surface area contributed by atoms with Crippen LogP contribution in [-0.4, -0.2) is 53.8 Å². The highest BCUT2D eigenvalue weighted by molar-refractivity contribution is 7.86. The fourth-order valence-corrected chi connectivity index (χ4v) is 4.26. The molecule has 20 heavy (non-hydrogen) atoms. The van der Waals surface area contributed by atoms with E-state index in [2.05, 4.69) is 0 Å². The molecule has 1 aliphatic rings. The first-order valence-electron chi connectivity index (χ1n) is 6.97. The van der Waals surface area contributed by atoms with Gasteiger partial charge in [0.15, 0.2) is 0 Å². The van der Waals surface area contributed by atoms with Crippen LogP contribution in [0.2, 0.25) is 0 Å². The topological polar surface area (TPSA) is 77.9 Å². The Morgan fingerprint density at radius 2 is 1.90 bits per heavy atom. The van der Waals surface area contributed by atoms with Crippen molar-refractivity contribution in [3.63, 3.8) is 0 Å². The summed E-state index contributed by atoms with van der Waals surface area (Å²) in [4.78, 5) is 11.3. The zero-order valence-electron chi connectivity index (χ0n) is 13.0. The normalized spacial score (nSPS) is 23.8. The van der Waals surface area contributed by atoms with Gasteiger partial charge in [-0.25, -0.2) is 0 Å². The number of piperidine rings is 1. The first-order valence-corrected chi connectivity index (χ1v) is 8.37. The molecule has 0 aromatic heterocycles. The van der Waals surface area contributed by atoms with Crippen LogP contribution < -0.4 is 0 Å². The molecule has 0 aromatic rings. The number of rotatable bonds is 4. The summed E-state index contributed by atoms with van der Waals surface area (Å²) >= 11 is 0. The lowest BCUT2D eigenvalue weighted by molar-refractivity contribution is -0.142. The molecule has 2 atom stereocenters. The van der Waals surface area contributed by atoms with Gasteiger partial charge < -0.3 is 5.11 Å². The van der Waals surface area contributed by atoms with E-state index in [0.29, 0.717) is 12.8 Å². The fraction of sp³-hybridized carbons (Fsp3) is 0.923. The predicted octanol–water partition coefficient (Wildman–Crippen LogP) is 1.54. The van der Waals surface area contributed by atoms with Gasteiger partial charge in [0.05, 0.1) is 0 Å². The van der Waals surface area contributed by atoms with Gasteiger partial charge in [0.25, 0.3) is 10.2 Å². The molecule has 7 heteroatoms. The minimum Gasteiger partial charge on any atom is -0.480 e. The largest absolute Gasteiger partial charge is 0.480 e. The Kier molecular flexibility index (Phi) is 5.21. The smallest absolute Gasteiger partial charge is 0.322 e. The number of carboxylic acids is 1. The van der Waals surface area contributed by atoms with E-state index in [-0.39, 0.29) is 18.0 Å². The monoisotopic (exact) mass is 306 g/mol. The van der Waals surface area contributed by atoms with Crippen LogP contribution >= 0.6 is 0 Å². The molecular formula is C13H26N2O4S. The molecule has 1 fully saturated rings. The molecule has 1 heterocycles. The first kappa shape index (κ1) is 17.4. The molecule has 1 rings (SSSR count). The number of nitrogens with zero attached hydrogens (tertiary/aromatic N) is 2. The number of aliphatic carboxylic acids is 1. The standard InChI is InChI=1S/C13H26N2O4S/c1-10(13(2,3)4)14(5)20(18,19)15-9-7-6-8-11(15)12(16)17/h10-11H,6-9H2,1-5H3,(H,16,17). The minimum atomic E-state index is -3.75. The summed E-state index contributed by atoms with van der Waals surface area (Å²) in [5.74, 6) is -1.06. The van der Waals surface area contributed by atoms with Crippen molar-refractivity contribution in [2.24, 2.45) is 5.41 Å². The maximum absolute atomic E-state index is 12.7. The maximum atomic E-state index is 12.7. The van der Waals surface area contributed by atoms with E-state index in [1.165, 1.54) is 11.4 Å². The lowest BCUT2D eigenvalue weighted by Gasteiger charge is -2.40. The van der Waals surface area contributed by atoms with Gasteiger partial charge in [0, 0.05) is 19.6 Å². The third-order valence-electron chi connectivity index (χ3n) is 4.20. The molecule has 0 amide bonds. The lowest BCUT2D eigenvalue weighted by atomic mass is 9.88. The second-order valence-corrected chi connectivity index (χ2v) is 8.47. The van der Waals surface area contributed by atoms with Gasteiger partial charge in [-0.2, -0.15) is 17.0 Å². The molecule has 0 aliphatic carbocycles. The molecule has 0 saturated carbocycles. The summed E-state index contributed by atoms with van der Waals surface area (Å²) in [5.41, 5.74) is -0.212. The van der Waals surface area contributed by atoms with Crippen LogP contribution in [0.4, 0.5) is 0 Å². The maximum Gasteiger partial charge on any atom is 0.322 e. The second kappa shape index (κ2) is 5.99. The average molecular weight is 306 g/mol. The van der Waals surface area contributed by atoms with Crippen molar-refractivity contribution in [3.05, 3.63) is 0 Å². The summed E-state index contributed by atoms with van der Waals surface area (Å²) in [7, 11) is -2.23. The SMILES string of the molecule is CC(N(C)S(=O)(=O)N1CCCCC1C(=O)O)C(C)(C)C. The predicted molar refractivity (Wildman–Crippen MR) is 77.6 cm³/mol. The summed E-state index contributed by atoms with van der Waals surface area (Å²) in [6, 6.07) is -1.16. The first-order chi connectivity index (χ1) is 8.99. The average Bonchev–Trinajstić information content (AvgIpc) is 2.35. The number of hydrogen-bond acceptors (Lipinski definition) is 3. The molecule has 1 aliphatic heterocycles.